The van der Waals surface area contributed by atoms with Gasteiger partial charge in [-0.3, -0.25) is 0 Å². The van der Waals surface area contributed by atoms with Crippen molar-refractivity contribution in [1.82, 2.24) is 0 Å². The summed E-state index contributed by atoms with van der Waals surface area (Å²) in [7, 11) is 0. The van der Waals surface area contributed by atoms with Crippen LogP contribution >= 0.6 is 11.3 Å². The predicted octanol–water partition coefficient (Wildman–Crippen LogP) is 1.00. The Morgan fingerprint density at radius 1 is 1.71 bits per heavy atom. The summed E-state index contributed by atoms with van der Waals surface area (Å²) in [5, 5.41) is 2.65. The summed E-state index contributed by atoms with van der Waals surface area (Å²) < 4.78 is 0. The lowest BCUT2D eigenvalue weighted by molar-refractivity contribution is 0.345. The van der Waals surface area contributed by atoms with Gasteiger partial charge in [0.2, 0.25) is 0 Å². The molecule has 0 amide bonds. The minimum atomic E-state index is 0.750. The molecule has 0 aliphatic heterocycles. The molecule has 0 radical (unpaired) electrons. The fraction of sp³-hybridized carbons (Fsp3) is 0. The van der Waals surface area contributed by atoms with E-state index in [0.29, 0.717) is 0 Å². The maximum atomic E-state index is 4.80. The van der Waals surface area contributed by atoms with Gasteiger partial charge in [-0.15, -0.1) is 11.3 Å². The van der Waals surface area contributed by atoms with Crippen LogP contribution in [0.3, 0.4) is 0 Å². The summed E-state index contributed by atoms with van der Waals surface area (Å²) in [5.41, 5.74) is 0. The van der Waals surface area contributed by atoms with E-state index in [1.165, 1.54) is 11.3 Å². The molecule has 1 rings (SSSR count). The summed E-state index contributed by atoms with van der Waals surface area (Å²) in [6.45, 7) is 0. The van der Waals surface area contributed by atoms with Crippen molar-refractivity contribution in [3.63, 3.8) is 0 Å². The first-order valence-electron chi connectivity index (χ1n) is 1.83. The monoisotopic (exact) mass is 115 g/mol. The molecule has 7 heavy (non-hydrogen) atoms. The van der Waals surface area contributed by atoms with E-state index in [-0.39, 0.29) is 0 Å². The number of nitrogens with two attached hydrogens (primary N) is 1. The molecule has 38 valence electrons. The summed E-state index contributed by atoms with van der Waals surface area (Å²) >= 11 is 1.48. The number of hydrogen-bond donors (Lipinski definition) is 1. The zero-order valence-corrected chi connectivity index (χ0v) is 4.44. The molecule has 1 aromatic rings. The second kappa shape index (κ2) is 1.95. The molecule has 1 aromatic heterocycles. The Balaban J connectivity index is 2.76. The van der Waals surface area contributed by atoms with E-state index >= 15 is 0 Å². The van der Waals surface area contributed by atoms with Crippen LogP contribution in [0.15, 0.2) is 17.5 Å². The van der Waals surface area contributed by atoms with E-state index in [1.54, 1.807) is 0 Å². The third-order valence-electron chi connectivity index (χ3n) is 0.611. The fourth-order valence-electron chi connectivity index (χ4n) is 0.331. The highest BCUT2D eigenvalue weighted by molar-refractivity contribution is 7.11. The summed E-state index contributed by atoms with van der Waals surface area (Å²) in [4.78, 5) is 4.37. The minimum Gasteiger partial charge on any atom is -0.401 e. The molecule has 0 saturated carbocycles. The normalized spacial score (nSPS) is 8.71. The predicted molar refractivity (Wildman–Crippen MR) is 29.1 cm³/mol. The van der Waals surface area contributed by atoms with Gasteiger partial charge in [0.15, 0.2) is 5.06 Å². The van der Waals surface area contributed by atoms with E-state index in [0.717, 1.165) is 5.06 Å². The SMILES string of the molecule is NOc1cccs1. The summed E-state index contributed by atoms with van der Waals surface area (Å²) in [6.07, 6.45) is 0. The molecule has 1 heterocycles. The highest BCUT2D eigenvalue weighted by atomic mass is 32.1. The Kier molecular flexibility index (Phi) is 1.29. The smallest absolute Gasteiger partial charge is 0.200 e. The van der Waals surface area contributed by atoms with Crippen LogP contribution in [-0.2, 0) is 0 Å². The van der Waals surface area contributed by atoms with Gasteiger partial charge in [0.25, 0.3) is 0 Å². The molecule has 2 N–H and O–H groups in total. The van der Waals surface area contributed by atoms with Crippen molar-refractivity contribution < 1.29 is 4.84 Å². The van der Waals surface area contributed by atoms with Gasteiger partial charge >= 0.3 is 0 Å². The van der Waals surface area contributed by atoms with Gasteiger partial charge in [0.05, 0.1) is 0 Å². The molecule has 2 nitrogen and oxygen atoms in total. The molecule has 0 bridgehead atoms. The largest absolute Gasteiger partial charge is 0.401 e. The van der Waals surface area contributed by atoms with Gasteiger partial charge in [-0.25, -0.2) is 0 Å². The molecule has 0 spiro atoms. The number of thiophene rings is 1. The zero-order chi connectivity index (χ0) is 5.11. The summed E-state index contributed by atoms with van der Waals surface area (Å²) in [6, 6.07) is 3.69. The highest BCUT2D eigenvalue weighted by Crippen LogP contribution is 2.15. The van der Waals surface area contributed by atoms with E-state index in [2.05, 4.69) is 4.84 Å². The topological polar surface area (TPSA) is 35.2 Å². The first-order valence-corrected chi connectivity index (χ1v) is 2.71. The first kappa shape index (κ1) is 4.61. The quantitative estimate of drug-likeness (QED) is 0.554. The van der Waals surface area contributed by atoms with Gasteiger partial charge < -0.3 is 4.84 Å². The van der Waals surface area contributed by atoms with Crippen molar-refractivity contribution in [2.24, 2.45) is 5.90 Å². The molecule has 0 unspecified atom stereocenters. The Hall–Kier alpha value is -0.540. The standard InChI is InChI=1S/C4H5NOS/c5-6-4-2-1-3-7-4/h1-3H,5H2. The van der Waals surface area contributed by atoms with Crippen LogP contribution in [0.2, 0.25) is 0 Å². The Labute approximate surface area is 45.5 Å². The van der Waals surface area contributed by atoms with Crippen molar-refractivity contribution in [1.29, 1.82) is 0 Å². The highest BCUT2D eigenvalue weighted by Gasteiger charge is 1.84. The van der Waals surface area contributed by atoms with E-state index in [1.807, 2.05) is 17.5 Å². The van der Waals surface area contributed by atoms with E-state index in [9.17, 15) is 0 Å². The molecule has 0 aromatic carbocycles. The maximum Gasteiger partial charge on any atom is 0.200 e. The lowest BCUT2D eigenvalue weighted by Gasteiger charge is -1.85. The molecular formula is C4H5NOS. The van der Waals surface area contributed by atoms with E-state index < -0.39 is 0 Å². The van der Waals surface area contributed by atoms with Crippen molar-refractivity contribution in [2.75, 3.05) is 0 Å². The van der Waals surface area contributed by atoms with Crippen LogP contribution in [0.5, 0.6) is 5.06 Å². The Morgan fingerprint density at radius 2 is 2.57 bits per heavy atom. The number of hydrogen-bond acceptors (Lipinski definition) is 3. The second-order valence-corrected chi connectivity index (χ2v) is 1.96. The molecule has 3 heteroatoms. The van der Waals surface area contributed by atoms with Crippen LogP contribution in [-0.4, -0.2) is 0 Å². The fourth-order valence-corrected chi connectivity index (χ4v) is 0.834. The first-order chi connectivity index (χ1) is 3.43. The molecule has 0 fully saturated rings. The lowest BCUT2D eigenvalue weighted by Crippen LogP contribution is -1.98. The van der Waals surface area contributed by atoms with Gasteiger partial charge in [0.1, 0.15) is 0 Å². The molecule has 0 atom stereocenters. The van der Waals surface area contributed by atoms with Crippen LogP contribution in [0.4, 0.5) is 0 Å². The van der Waals surface area contributed by atoms with Gasteiger partial charge in [0, 0.05) is 0 Å². The molecule has 0 aliphatic carbocycles. The Bertz CT molecular complexity index is 126. The molecule has 0 saturated heterocycles. The Morgan fingerprint density at radius 3 is 2.86 bits per heavy atom. The van der Waals surface area contributed by atoms with Gasteiger partial charge in [-0.05, 0) is 17.5 Å². The van der Waals surface area contributed by atoms with Gasteiger partial charge in [-0.1, -0.05) is 0 Å². The minimum absolute atomic E-state index is 0.750. The van der Waals surface area contributed by atoms with Crippen LogP contribution in [0.25, 0.3) is 0 Å². The van der Waals surface area contributed by atoms with Crippen LogP contribution in [0.1, 0.15) is 0 Å². The van der Waals surface area contributed by atoms with Crippen LogP contribution < -0.4 is 10.7 Å². The molecule has 0 aliphatic rings. The average Bonchev–Trinajstić information content (AvgIpc) is 2.14. The van der Waals surface area contributed by atoms with Crippen molar-refractivity contribution >= 4 is 11.3 Å². The van der Waals surface area contributed by atoms with Crippen molar-refractivity contribution in [3.05, 3.63) is 17.5 Å². The summed E-state index contributed by atoms with van der Waals surface area (Å²) in [5.74, 6) is 4.80. The third-order valence-corrected chi connectivity index (χ3v) is 1.37. The molecular weight excluding hydrogens is 110 g/mol. The third kappa shape index (κ3) is 0.913. The van der Waals surface area contributed by atoms with Gasteiger partial charge in [-0.2, -0.15) is 5.90 Å². The van der Waals surface area contributed by atoms with Crippen molar-refractivity contribution in [3.8, 4) is 5.06 Å². The van der Waals surface area contributed by atoms with E-state index in [4.69, 9.17) is 5.90 Å². The van der Waals surface area contributed by atoms with Crippen LogP contribution in [0, 0.1) is 0 Å². The maximum absolute atomic E-state index is 4.80. The lowest BCUT2D eigenvalue weighted by atomic mass is 10.7. The average molecular weight is 115 g/mol. The zero-order valence-electron chi connectivity index (χ0n) is 3.63. The second-order valence-electron chi connectivity index (χ2n) is 1.05. The number of rotatable bonds is 1. The van der Waals surface area contributed by atoms with Crippen molar-refractivity contribution in [2.45, 2.75) is 0 Å².